The molecule has 25 heavy (non-hydrogen) atoms. The normalized spacial score (nSPS) is 25.1. The first-order chi connectivity index (χ1) is 12.2. The molecule has 2 fully saturated rings. The smallest absolute Gasteiger partial charge is 0.227 e. The summed E-state index contributed by atoms with van der Waals surface area (Å²) < 4.78 is 0. The molecule has 3 rings (SSSR count). The van der Waals surface area contributed by atoms with Crippen LogP contribution in [0.25, 0.3) is 0 Å². The van der Waals surface area contributed by atoms with Crippen molar-refractivity contribution < 1.29 is 9.90 Å². The predicted molar refractivity (Wildman–Crippen MR) is 101 cm³/mol. The molecule has 1 aromatic rings. The summed E-state index contributed by atoms with van der Waals surface area (Å²) >= 11 is 6.19. The van der Waals surface area contributed by atoms with E-state index in [4.69, 9.17) is 11.6 Å². The number of aliphatic hydroxyl groups excluding tert-OH is 1. The summed E-state index contributed by atoms with van der Waals surface area (Å²) in [6.45, 7) is 4.89. The number of carbonyl (C=O) groups is 1. The van der Waals surface area contributed by atoms with Gasteiger partial charge < -0.3 is 14.9 Å². The van der Waals surface area contributed by atoms with E-state index < -0.39 is 0 Å². The zero-order valence-corrected chi connectivity index (χ0v) is 15.6. The lowest BCUT2D eigenvalue weighted by atomic mass is 9.96. The zero-order chi connectivity index (χ0) is 17.6. The Kier molecular flexibility index (Phi) is 6.74. The first-order valence-electron chi connectivity index (χ1n) is 9.51. The number of amides is 1. The molecular formula is C20H29ClN2O2. The van der Waals surface area contributed by atoms with Crippen LogP contribution in [-0.4, -0.2) is 60.1 Å². The Balaban J connectivity index is 1.58. The molecule has 1 aromatic carbocycles. The zero-order valence-electron chi connectivity index (χ0n) is 14.9. The van der Waals surface area contributed by atoms with Crippen LogP contribution in [-0.2, 0) is 11.2 Å². The lowest BCUT2D eigenvalue weighted by Crippen LogP contribution is -2.35. The maximum absolute atomic E-state index is 12.7. The van der Waals surface area contributed by atoms with Crippen LogP contribution >= 0.6 is 11.6 Å². The summed E-state index contributed by atoms with van der Waals surface area (Å²) in [5, 5.41) is 10.4. The highest BCUT2D eigenvalue weighted by molar-refractivity contribution is 6.31. The van der Waals surface area contributed by atoms with E-state index in [0.717, 1.165) is 31.7 Å². The molecule has 0 aliphatic carbocycles. The molecule has 0 radical (unpaired) electrons. The number of carbonyl (C=O) groups excluding carboxylic acids is 1. The number of likely N-dealkylation sites (tertiary alicyclic amines) is 2. The molecule has 1 amide bonds. The second-order valence-electron chi connectivity index (χ2n) is 7.48. The van der Waals surface area contributed by atoms with Crippen molar-refractivity contribution in [1.29, 1.82) is 0 Å². The van der Waals surface area contributed by atoms with Gasteiger partial charge in [0.1, 0.15) is 0 Å². The van der Waals surface area contributed by atoms with Gasteiger partial charge in [0.15, 0.2) is 0 Å². The van der Waals surface area contributed by atoms with E-state index in [9.17, 15) is 9.90 Å². The average Bonchev–Trinajstić information content (AvgIpc) is 2.84. The average molecular weight is 365 g/mol. The Hall–Kier alpha value is -1.10. The fourth-order valence-corrected chi connectivity index (χ4v) is 4.33. The molecule has 0 saturated carbocycles. The number of benzene rings is 1. The third kappa shape index (κ3) is 4.96. The molecule has 138 valence electrons. The number of aliphatic hydroxyl groups is 1. The van der Waals surface area contributed by atoms with E-state index >= 15 is 0 Å². The molecule has 4 nitrogen and oxygen atoms in total. The monoisotopic (exact) mass is 364 g/mol. The molecule has 2 aliphatic heterocycles. The minimum atomic E-state index is 0.116. The van der Waals surface area contributed by atoms with Gasteiger partial charge in [-0.25, -0.2) is 0 Å². The van der Waals surface area contributed by atoms with Crippen molar-refractivity contribution in [2.45, 2.75) is 32.1 Å². The standard InChI is InChI=1S/C20H29ClN2O2/c21-19-8-4-3-7-16(19)11-20(25)23-13-17(18(14-23)15-24)12-22-9-5-1-2-6-10-22/h3-4,7-8,17-18,24H,1-2,5-6,9-15H2/t17-,18-/m1/s1. The first kappa shape index (κ1) is 18.7. The maximum atomic E-state index is 12.7. The van der Waals surface area contributed by atoms with Crippen LogP contribution in [0, 0.1) is 11.8 Å². The van der Waals surface area contributed by atoms with Crippen LogP contribution in [0.3, 0.4) is 0 Å². The molecule has 5 heteroatoms. The lowest BCUT2D eigenvalue weighted by Gasteiger charge is -2.26. The van der Waals surface area contributed by atoms with E-state index in [2.05, 4.69) is 4.90 Å². The Morgan fingerprint density at radius 1 is 1.08 bits per heavy atom. The van der Waals surface area contributed by atoms with Gasteiger partial charge in [0.25, 0.3) is 0 Å². The molecule has 2 atom stereocenters. The fraction of sp³-hybridized carbons (Fsp3) is 0.650. The quantitative estimate of drug-likeness (QED) is 0.873. The highest BCUT2D eigenvalue weighted by Crippen LogP contribution is 2.26. The third-order valence-electron chi connectivity index (χ3n) is 5.65. The molecule has 1 N–H and O–H groups in total. The third-order valence-corrected chi connectivity index (χ3v) is 6.02. The summed E-state index contributed by atoms with van der Waals surface area (Å²) in [4.78, 5) is 17.1. The molecule has 0 bridgehead atoms. The summed E-state index contributed by atoms with van der Waals surface area (Å²) in [5.74, 6) is 0.682. The largest absolute Gasteiger partial charge is 0.396 e. The van der Waals surface area contributed by atoms with Crippen molar-refractivity contribution in [3.05, 3.63) is 34.9 Å². The van der Waals surface area contributed by atoms with Crippen LogP contribution in [0.2, 0.25) is 5.02 Å². The van der Waals surface area contributed by atoms with Gasteiger partial charge in [-0.3, -0.25) is 4.79 Å². The Labute approximate surface area is 155 Å². The number of hydrogen-bond acceptors (Lipinski definition) is 3. The van der Waals surface area contributed by atoms with Crippen LogP contribution < -0.4 is 0 Å². The van der Waals surface area contributed by atoms with Gasteiger partial charge in [0.2, 0.25) is 5.91 Å². The van der Waals surface area contributed by atoms with Crippen molar-refractivity contribution >= 4 is 17.5 Å². The Morgan fingerprint density at radius 2 is 1.76 bits per heavy atom. The van der Waals surface area contributed by atoms with Gasteiger partial charge in [0, 0.05) is 37.2 Å². The van der Waals surface area contributed by atoms with Crippen molar-refractivity contribution in [2.75, 3.05) is 39.3 Å². The molecule has 2 aliphatic rings. The van der Waals surface area contributed by atoms with Gasteiger partial charge in [-0.15, -0.1) is 0 Å². The topological polar surface area (TPSA) is 43.8 Å². The molecular weight excluding hydrogens is 336 g/mol. The maximum Gasteiger partial charge on any atom is 0.227 e. The Bertz CT molecular complexity index is 573. The first-order valence-corrected chi connectivity index (χ1v) is 9.89. The predicted octanol–water partition coefficient (Wildman–Crippen LogP) is 2.83. The van der Waals surface area contributed by atoms with Crippen LogP contribution in [0.15, 0.2) is 24.3 Å². The van der Waals surface area contributed by atoms with Gasteiger partial charge in [0.05, 0.1) is 6.42 Å². The Morgan fingerprint density at radius 3 is 2.44 bits per heavy atom. The number of halogens is 1. The number of nitrogens with zero attached hydrogens (tertiary/aromatic N) is 2. The van der Waals surface area contributed by atoms with Gasteiger partial charge in [-0.05, 0) is 43.5 Å². The molecule has 2 saturated heterocycles. The summed E-state index contributed by atoms with van der Waals surface area (Å²) in [6.07, 6.45) is 5.53. The van der Waals surface area contributed by atoms with Gasteiger partial charge in [-0.1, -0.05) is 42.6 Å². The van der Waals surface area contributed by atoms with Crippen molar-refractivity contribution in [3.8, 4) is 0 Å². The summed E-state index contributed by atoms with van der Waals surface area (Å²) in [5.41, 5.74) is 0.880. The summed E-state index contributed by atoms with van der Waals surface area (Å²) in [6, 6.07) is 7.53. The highest BCUT2D eigenvalue weighted by Gasteiger charge is 2.35. The van der Waals surface area contributed by atoms with Crippen molar-refractivity contribution in [3.63, 3.8) is 0 Å². The van der Waals surface area contributed by atoms with E-state index in [1.54, 1.807) is 0 Å². The molecule has 2 heterocycles. The second-order valence-corrected chi connectivity index (χ2v) is 7.89. The van der Waals surface area contributed by atoms with E-state index in [-0.39, 0.29) is 18.4 Å². The van der Waals surface area contributed by atoms with E-state index in [0.29, 0.717) is 23.9 Å². The highest BCUT2D eigenvalue weighted by atomic mass is 35.5. The van der Waals surface area contributed by atoms with Crippen LogP contribution in [0.1, 0.15) is 31.2 Å². The van der Waals surface area contributed by atoms with Gasteiger partial charge in [-0.2, -0.15) is 0 Å². The number of hydrogen-bond donors (Lipinski definition) is 1. The second kappa shape index (κ2) is 9.02. The van der Waals surface area contributed by atoms with E-state index in [1.807, 2.05) is 29.2 Å². The van der Waals surface area contributed by atoms with Crippen molar-refractivity contribution in [2.24, 2.45) is 11.8 Å². The van der Waals surface area contributed by atoms with Crippen LogP contribution in [0.4, 0.5) is 0 Å². The van der Waals surface area contributed by atoms with Crippen LogP contribution in [0.5, 0.6) is 0 Å². The minimum Gasteiger partial charge on any atom is -0.396 e. The summed E-state index contributed by atoms with van der Waals surface area (Å²) in [7, 11) is 0. The van der Waals surface area contributed by atoms with E-state index in [1.165, 1.54) is 25.7 Å². The molecule has 0 unspecified atom stereocenters. The SMILES string of the molecule is O=C(Cc1ccccc1Cl)N1C[C@@H](CN2CCCCCC2)[C@@H](CO)C1. The fourth-order valence-electron chi connectivity index (χ4n) is 4.12. The van der Waals surface area contributed by atoms with Gasteiger partial charge >= 0.3 is 0 Å². The molecule has 0 spiro atoms. The number of rotatable bonds is 5. The minimum absolute atomic E-state index is 0.116. The van der Waals surface area contributed by atoms with Crippen molar-refractivity contribution in [1.82, 2.24) is 9.80 Å². The molecule has 0 aromatic heterocycles. The lowest BCUT2D eigenvalue weighted by molar-refractivity contribution is -0.129.